The number of hydrogen-bond acceptors (Lipinski definition) is 3. The Labute approximate surface area is 102 Å². The van der Waals surface area contributed by atoms with E-state index in [9.17, 15) is 0 Å². The van der Waals surface area contributed by atoms with Gasteiger partial charge < -0.3 is 10.5 Å². The van der Waals surface area contributed by atoms with E-state index >= 15 is 0 Å². The molecule has 1 unspecified atom stereocenters. The van der Waals surface area contributed by atoms with E-state index in [-0.39, 0.29) is 0 Å². The smallest absolute Gasteiger partial charge is 0.0908 e. The molecule has 0 spiro atoms. The highest BCUT2D eigenvalue weighted by Crippen LogP contribution is 2.32. The van der Waals surface area contributed by atoms with Crippen molar-refractivity contribution in [2.45, 2.75) is 50.5 Å². The van der Waals surface area contributed by atoms with Crippen molar-refractivity contribution < 1.29 is 4.74 Å². The summed E-state index contributed by atoms with van der Waals surface area (Å²) < 4.78 is 7.53. The largest absolute Gasteiger partial charge is 0.396 e. The van der Waals surface area contributed by atoms with Crippen molar-refractivity contribution in [2.24, 2.45) is 0 Å². The van der Waals surface area contributed by atoms with Gasteiger partial charge in [0.15, 0.2) is 0 Å². The summed E-state index contributed by atoms with van der Waals surface area (Å²) in [6, 6.07) is 0.571. The molecule has 2 aliphatic rings. The van der Waals surface area contributed by atoms with Crippen LogP contribution in [-0.2, 0) is 4.74 Å². The molecule has 17 heavy (non-hydrogen) atoms. The van der Waals surface area contributed by atoms with Crippen molar-refractivity contribution in [2.75, 3.05) is 18.9 Å². The van der Waals surface area contributed by atoms with Gasteiger partial charge in [-0.2, -0.15) is 5.10 Å². The Kier molecular flexibility index (Phi) is 3.05. The average Bonchev–Trinajstić information content (AvgIpc) is 2.99. The quantitative estimate of drug-likeness (QED) is 0.856. The van der Waals surface area contributed by atoms with Crippen molar-refractivity contribution >= 4 is 5.69 Å². The minimum atomic E-state index is 0.417. The highest BCUT2D eigenvalue weighted by Gasteiger charge is 2.25. The van der Waals surface area contributed by atoms with E-state index in [1.807, 2.05) is 6.20 Å². The third kappa shape index (κ3) is 2.18. The molecule has 1 aliphatic carbocycles. The second-order valence-corrected chi connectivity index (χ2v) is 5.30. The molecule has 1 saturated carbocycles. The number of ether oxygens (including phenoxy) is 1. The minimum absolute atomic E-state index is 0.417. The molecule has 1 aliphatic heterocycles. The number of anilines is 1. The second-order valence-electron chi connectivity index (χ2n) is 5.30. The van der Waals surface area contributed by atoms with E-state index in [4.69, 9.17) is 15.6 Å². The number of nitrogens with zero attached hydrogens (tertiary/aromatic N) is 2. The van der Waals surface area contributed by atoms with Crippen molar-refractivity contribution in [1.29, 1.82) is 0 Å². The fourth-order valence-electron chi connectivity index (χ4n) is 3.02. The van der Waals surface area contributed by atoms with Crippen molar-refractivity contribution in [3.8, 4) is 0 Å². The van der Waals surface area contributed by atoms with E-state index in [0.29, 0.717) is 12.0 Å². The monoisotopic (exact) mass is 235 g/mol. The van der Waals surface area contributed by atoms with Gasteiger partial charge >= 0.3 is 0 Å². The normalized spacial score (nSPS) is 26.5. The Morgan fingerprint density at radius 2 is 2.06 bits per heavy atom. The van der Waals surface area contributed by atoms with Crippen molar-refractivity contribution in [1.82, 2.24) is 9.78 Å². The lowest BCUT2D eigenvalue weighted by atomic mass is 9.96. The summed E-state index contributed by atoms with van der Waals surface area (Å²) in [4.78, 5) is 0. The van der Waals surface area contributed by atoms with Crippen LogP contribution in [-0.4, -0.2) is 23.0 Å². The Morgan fingerprint density at radius 3 is 2.76 bits per heavy atom. The van der Waals surface area contributed by atoms with Crippen LogP contribution in [0, 0.1) is 0 Å². The van der Waals surface area contributed by atoms with E-state index in [1.54, 1.807) is 0 Å². The van der Waals surface area contributed by atoms with Crippen LogP contribution in [0.25, 0.3) is 0 Å². The van der Waals surface area contributed by atoms with Gasteiger partial charge in [-0.3, -0.25) is 4.68 Å². The first kappa shape index (κ1) is 11.1. The molecule has 4 nitrogen and oxygen atoms in total. The maximum absolute atomic E-state index is 6.09. The lowest BCUT2D eigenvalue weighted by Crippen LogP contribution is -2.14. The van der Waals surface area contributed by atoms with Crippen LogP contribution in [0.5, 0.6) is 0 Å². The van der Waals surface area contributed by atoms with Crippen molar-refractivity contribution in [3.05, 3.63) is 11.9 Å². The van der Waals surface area contributed by atoms with Gasteiger partial charge in [0.25, 0.3) is 0 Å². The number of aromatic nitrogens is 2. The van der Waals surface area contributed by atoms with E-state index in [2.05, 4.69) is 4.68 Å². The van der Waals surface area contributed by atoms with Gasteiger partial charge in [0, 0.05) is 18.7 Å². The van der Waals surface area contributed by atoms with Crippen LogP contribution >= 0.6 is 0 Å². The molecule has 94 valence electrons. The van der Waals surface area contributed by atoms with Crippen LogP contribution < -0.4 is 5.73 Å². The summed E-state index contributed by atoms with van der Waals surface area (Å²) in [5, 5.41) is 4.73. The molecule has 3 rings (SSSR count). The molecule has 2 N–H and O–H groups in total. The highest BCUT2D eigenvalue weighted by molar-refractivity contribution is 5.43. The predicted octanol–water partition coefficient (Wildman–Crippen LogP) is 2.47. The Balaban J connectivity index is 1.79. The summed E-state index contributed by atoms with van der Waals surface area (Å²) in [7, 11) is 0. The zero-order chi connectivity index (χ0) is 11.7. The maximum atomic E-state index is 6.09. The van der Waals surface area contributed by atoms with E-state index < -0.39 is 0 Å². The van der Waals surface area contributed by atoms with Crippen LogP contribution in [0.4, 0.5) is 5.69 Å². The van der Waals surface area contributed by atoms with Gasteiger partial charge in [-0.25, -0.2) is 0 Å². The molecule has 1 aromatic rings. The molecule has 1 saturated heterocycles. The fraction of sp³-hybridized carbons (Fsp3) is 0.769. The first-order valence-corrected chi connectivity index (χ1v) is 6.77. The molecule has 1 aromatic heterocycles. The summed E-state index contributed by atoms with van der Waals surface area (Å²) in [5.74, 6) is 0.417. The molecule has 0 bridgehead atoms. The molecule has 2 heterocycles. The molecular weight excluding hydrogens is 214 g/mol. The predicted molar refractivity (Wildman–Crippen MR) is 66.9 cm³/mol. The van der Waals surface area contributed by atoms with Crippen LogP contribution in [0.1, 0.15) is 56.2 Å². The maximum Gasteiger partial charge on any atom is 0.0908 e. The highest BCUT2D eigenvalue weighted by atomic mass is 16.5. The standard InChI is InChI=1S/C13H21N3O/c14-12-8-16(11-4-2-1-3-5-11)15-13(12)10-6-7-17-9-10/h8,10-11H,1-7,9,14H2. The van der Waals surface area contributed by atoms with Crippen LogP contribution in [0.15, 0.2) is 6.20 Å². The topological polar surface area (TPSA) is 53.1 Å². The van der Waals surface area contributed by atoms with Crippen LogP contribution in [0.3, 0.4) is 0 Å². The molecular formula is C13H21N3O. The second kappa shape index (κ2) is 4.69. The van der Waals surface area contributed by atoms with Gasteiger partial charge in [0.2, 0.25) is 0 Å². The zero-order valence-corrected chi connectivity index (χ0v) is 10.3. The molecule has 0 amide bonds. The fourth-order valence-corrected chi connectivity index (χ4v) is 3.02. The van der Waals surface area contributed by atoms with Crippen molar-refractivity contribution in [3.63, 3.8) is 0 Å². The van der Waals surface area contributed by atoms with E-state index in [0.717, 1.165) is 31.0 Å². The molecule has 4 heteroatoms. The molecule has 0 aromatic carbocycles. The summed E-state index contributed by atoms with van der Waals surface area (Å²) in [6.07, 6.45) is 9.62. The third-order valence-corrected chi connectivity index (χ3v) is 4.06. The number of nitrogens with two attached hydrogens (primary N) is 1. The molecule has 1 atom stereocenters. The molecule has 0 radical (unpaired) electrons. The van der Waals surface area contributed by atoms with Gasteiger partial charge in [0.05, 0.1) is 24.0 Å². The number of rotatable bonds is 2. The van der Waals surface area contributed by atoms with Gasteiger partial charge in [-0.1, -0.05) is 19.3 Å². The average molecular weight is 235 g/mol. The Hall–Kier alpha value is -1.03. The molecule has 2 fully saturated rings. The summed E-state index contributed by atoms with van der Waals surface area (Å²) in [5.41, 5.74) is 8.00. The lowest BCUT2D eigenvalue weighted by Gasteiger charge is -2.21. The van der Waals surface area contributed by atoms with Gasteiger partial charge in [-0.15, -0.1) is 0 Å². The summed E-state index contributed by atoms with van der Waals surface area (Å²) in [6.45, 7) is 1.63. The first-order chi connectivity index (χ1) is 8.34. The zero-order valence-electron chi connectivity index (χ0n) is 10.3. The number of nitrogen functional groups attached to an aromatic ring is 1. The van der Waals surface area contributed by atoms with Gasteiger partial charge in [0.1, 0.15) is 0 Å². The third-order valence-electron chi connectivity index (χ3n) is 4.06. The Bertz CT molecular complexity index is 376. The Morgan fingerprint density at radius 1 is 1.24 bits per heavy atom. The summed E-state index contributed by atoms with van der Waals surface area (Å²) >= 11 is 0. The first-order valence-electron chi connectivity index (χ1n) is 6.77. The van der Waals surface area contributed by atoms with E-state index in [1.165, 1.54) is 32.1 Å². The van der Waals surface area contributed by atoms with Gasteiger partial charge in [-0.05, 0) is 19.3 Å². The SMILES string of the molecule is Nc1cn(C2CCCCC2)nc1C1CCOC1. The minimum Gasteiger partial charge on any atom is -0.396 e. The number of hydrogen-bond donors (Lipinski definition) is 1. The van der Waals surface area contributed by atoms with Crippen LogP contribution in [0.2, 0.25) is 0 Å². The lowest BCUT2D eigenvalue weighted by molar-refractivity contribution is 0.193.